The van der Waals surface area contributed by atoms with Gasteiger partial charge in [-0.1, -0.05) is 11.3 Å². The van der Waals surface area contributed by atoms with Crippen LogP contribution < -0.4 is 4.80 Å². The number of fused-ring (bicyclic) bond motifs is 1. The van der Waals surface area contributed by atoms with Gasteiger partial charge in [-0.25, -0.2) is 0 Å². The number of methoxy groups -OCH3 is 1. The number of carbonyl (C=O) groups is 2. The molecule has 22 heavy (non-hydrogen) atoms. The number of non-ortho nitro benzene ring substituents is 1. The van der Waals surface area contributed by atoms with E-state index in [0.29, 0.717) is 15.0 Å². The van der Waals surface area contributed by atoms with Gasteiger partial charge in [-0.05, 0) is 6.07 Å². The summed E-state index contributed by atoms with van der Waals surface area (Å²) in [6, 6.07) is 4.38. The molecule has 0 aliphatic rings. The second-order valence-corrected chi connectivity index (χ2v) is 5.41. The van der Waals surface area contributed by atoms with Crippen LogP contribution in [-0.4, -0.2) is 28.5 Å². The zero-order valence-corrected chi connectivity index (χ0v) is 12.8. The molecule has 0 saturated carbocycles. The van der Waals surface area contributed by atoms with Gasteiger partial charge in [0, 0.05) is 25.6 Å². The zero-order chi connectivity index (χ0) is 16.3. The Balaban J connectivity index is 2.56. The highest BCUT2D eigenvalue weighted by atomic mass is 32.1. The molecule has 0 aliphatic heterocycles. The molecule has 0 unspecified atom stereocenters. The molecule has 0 spiro atoms. The summed E-state index contributed by atoms with van der Waals surface area (Å²) in [5, 5.41) is 10.8. The van der Waals surface area contributed by atoms with Crippen molar-refractivity contribution in [3.8, 4) is 0 Å². The number of amides is 1. The van der Waals surface area contributed by atoms with Crippen molar-refractivity contribution in [3.05, 3.63) is 33.1 Å². The number of ether oxygens (including phenoxy) is 1. The quantitative estimate of drug-likeness (QED) is 0.483. The van der Waals surface area contributed by atoms with Crippen LogP contribution in [0, 0.1) is 10.1 Å². The van der Waals surface area contributed by atoms with Crippen molar-refractivity contribution in [2.75, 3.05) is 7.11 Å². The molecule has 116 valence electrons. The Morgan fingerprint density at radius 1 is 1.45 bits per heavy atom. The fourth-order valence-electron chi connectivity index (χ4n) is 1.92. The molecule has 1 heterocycles. The number of nitro benzene ring substituents is 1. The number of esters is 1. The molecule has 2 aromatic rings. The Bertz CT molecular complexity index is 821. The summed E-state index contributed by atoms with van der Waals surface area (Å²) in [5.74, 6) is -0.768. The van der Waals surface area contributed by atoms with Crippen molar-refractivity contribution in [1.82, 2.24) is 4.57 Å². The highest BCUT2D eigenvalue weighted by molar-refractivity contribution is 7.16. The summed E-state index contributed by atoms with van der Waals surface area (Å²) in [7, 11) is 1.29. The van der Waals surface area contributed by atoms with E-state index in [1.54, 1.807) is 10.6 Å². The van der Waals surface area contributed by atoms with E-state index in [-0.39, 0.29) is 30.5 Å². The van der Waals surface area contributed by atoms with Gasteiger partial charge in [-0.15, -0.1) is 0 Å². The van der Waals surface area contributed by atoms with E-state index in [9.17, 15) is 19.7 Å². The van der Waals surface area contributed by atoms with Crippen molar-refractivity contribution in [3.63, 3.8) is 0 Å². The number of rotatable bonds is 4. The third-order valence-corrected chi connectivity index (χ3v) is 3.94. The molecule has 1 amide bonds. The molecule has 0 N–H and O–H groups in total. The third kappa shape index (κ3) is 3.37. The smallest absolute Gasteiger partial charge is 0.307 e. The lowest BCUT2D eigenvalue weighted by atomic mass is 10.3. The molecular formula is C13H13N3O5S. The van der Waals surface area contributed by atoms with Gasteiger partial charge in [0.2, 0.25) is 5.91 Å². The van der Waals surface area contributed by atoms with Crippen LogP contribution in [0.15, 0.2) is 23.2 Å². The first-order chi connectivity index (χ1) is 10.4. The maximum atomic E-state index is 11.3. The van der Waals surface area contributed by atoms with E-state index in [1.807, 2.05) is 0 Å². The number of carbonyl (C=O) groups excluding carboxylic acids is 2. The molecule has 1 aromatic heterocycles. The van der Waals surface area contributed by atoms with Gasteiger partial charge >= 0.3 is 5.97 Å². The number of benzene rings is 1. The van der Waals surface area contributed by atoms with E-state index < -0.39 is 4.92 Å². The molecule has 0 radical (unpaired) electrons. The lowest BCUT2D eigenvalue weighted by Gasteiger charge is -2.04. The van der Waals surface area contributed by atoms with Crippen LogP contribution in [0.3, 0.4) is 0 Å². The maximum absolute atomic E-state index is 11.3. The normalized spacial score (nSPS) is 11.6. The fourth-order valence-corrected chi connectivity index (χ4v) is 3.05. The average molecular weight is 323 g/mol. The van der Waals surface area contributed by atoms with Crippen LogP contribution >= 0.6 is 11.3 Å². The Hall–Kier alpha value is -2.55. The summed E-state index contributed by atoms with van der Waals surface area (Å²) in [6.07, 6.45) is 0.115. The molecular weight excluding hydrogens is 310 g/mol. The van der Waals surface area contributed by atoms with Crippen LogP contribution in [0.5, 0.6) is 0 Å². The summed E-state index contributed by atoms with van der Waals surface area (Å²) < 4.78 is 6.90. The van der Waals surface area contributed by atoms with Crippen LogP contribution in [0.4, 0.5) is 5.69 Å². The van der Waals surface area contributed by atoms with E-state index in [1.165, 1.54) is 26.2 Å². The first kappa shape index (κ1) is 15.8. The summed E-state index contributed by atoms with van der Waals surface area (Å²) >= 11 is 1.16. The lowest BCUT2D eigenvalue weighted by Crippen LogP contribution is -2.18. The van der Waals surface area contributed by atoms with E-state index >= 15 is 0 Å². The number of hydrogen-bond acceptors (Lipinski definition) is 6. The van der Waals surface area contributed by atoms with Crippen LogP contribution in [0.2, 0.25) is 0 Å². The predicted molar refractivity (Wildman–Crippen MR) is 79.3 cm³/mol. The van der Waals surface area contributed by atoms with Crippen LogP contribution in [0.25, 0.3) is 10.2 Å². The Kier molecular flexibility index (Phi) is 4.66. The Morgan fingerprint density at radius 2 is 2.18 bits per heavy atom. The third-order valence-electron chi connectivity index (χ3n) is 2.90. The van der Waals surface area contributed by atoms with Gasteiger partial charge in [-0.3, -0.25) is 19.7 Å². The average Bonchev–Trinajstić information content (AvgIpc) is 2.80. The monoisotopic (exact) mass is 323 g/mol. The number of aryl methyl sites for hydroxylation is 1. The van der Waals surface area contributed by atoms with Gasteiger partial charge in [0.05, 0.1) is 28.7 Å². The highest BCUT2D eigenvalue weighted by Crippen LogP contribution is 2.23. The summed E-state index contributed by atoms with van der Waals surface area (Å²) in [6.45, 7) is 1.59. The molecule has 0 fully saturated rings. The molecule has 0 aliphatic carbocycles. The van der Waals surface area contributed by atoms with Crippen molar-refractivity contribution in [1.29, 1.82) is 0 Å². The maximum Gasteiger partial charge on any atom is 0.307 e. The van der Waals surface area contributed by atoms with E-state index in [0.717, 1.165) is 11.3 Å². The van der Waals surface area contributed by atoms with Gasteiger partial charge < -0.3 is 9.30 Å². The minimum atomic E-state index is -0.486. The number of nitro groups is 1. The number of hydrogen-bond donors (Lipinski definition) is 0. The predicted octanol–water partition coefficient (Wildman–Crippen LogP) is 1.62. The minimum absolute atomic E-state index is 0.0387. The molecule has 0 bridgehead atoms. The van der Waals surface area contributed by atoms with Crippen LogP contribution in [-0.2, 0) is 20.9 Å². The van der Waals surface area contributed by atoms with Crippen molar-refractivity contribution < 1.29 is 19.2 Å². The van der Waals surface area contributed by atoms with Crippen molar-refractivity contribution >= 4 is 39.1 Å². The first-order valence-electron chi connectivity index (χ1n) is 6.32. The molecule has 0 saturated heterocycles. The topological polar surface area (TPSA) is 104 Å². The van der Waals surface area contributed by atoms with E-state index in [2.05, 4.69) is 9.73 Å². The molecule has 9 heteroatoms. The fraction of sp³-hybridized carbons (Fsp3) is 0.308. The van der Waals surface area contributed by atoms with Crippen molar-refractivity contribution in [2.45, 2.75) is 19.9 Å². The summed E-state index contributed by atoms with van der Waals surface area (Å²) in [5.41, 5.74) is 0.641. The van der Waals surface area contributed by atoms with Gasteiger partial charge in [0.25, 0.3) is 5.69 Å². The molecule has 2 rings (SSSR count). The first-order valence-corrected chi connectivity index (χ1v) is 7.14. The summed E-state index contributed by atoms with van der Waals surface area (Å²) in [4.78, 5) is 37.2. The molecule has 8 nitrogen and oxygen atoms in total. The number of nitrogens with zero attached hydrogens (tertiary/aromatic N) is 3. The number of thiazole rings is 1. The van der Waals surface area contributed by atoms with Crippen molar-refractivity contribution in [2.24, 2.45) is 4.99 Å². The zero-order valence-electron chi connectivity index (χ0n) is 11.9. The van der Waals surface area contributed by atoms with Gasteiger partial charge in [0.1, 0.15) is 0 Å². The molecule has 0 atom stereocenters. The largest absolute Gasteiger partial charge is 0.469 e. The Labute approximate surface area is 128 Å². The molecule has 1 aromatic carbocycles. The second kappa shape index (κ2) is 6.48. The standard InChI is InChI=1S/C13H13N3O5S/c1-8(17)14-13-15(6-5-12(18)21-2)10-4-3-9(16(19)20)7-11(10)22-13/h3-4,7H,5-6H2,1-2H3. The van der Waals surface area contributed by atoms with E-state index in [4.69, 9.17) is 0 Å². The minimum Gasteiger partial charge on any atom is -0.469 e. The van der Waals surface area contributed by atoms with Gasteiger partial charge in [-0.2, -0.15) is 4.99 Å². The Morgan fingerprint density at radius 3 is 2.77 bits per heavy atom. The highest BCUT2D eigenvalue weighted by Gasteiger charge is 2.13. The lowest BCUT2D eigenvalue weighted by molar-refractivity contribution is -0.384. The second-order valence-electron chi connectivity index (χ2n) is 4.40. The SMILES string of the molecule is COC(=O)CCn1c(=NC(C)=O)sc2cc([N+](=O)[O-])ccc21. The van der Waals surface area contributed by atoms with Gasteiger partial charge in [0.15, 0.2) is 4.80 Å². The van der Waals surface area contributed by atoms with Crippen LogP contribution in [0.1, 0.15) is 13.3 Å². The number of aromatic nitrogens is 1.